The summed E-state index contributed by atoms with van der Waals surface area (Å²) in [4.78, 5) is 0. The molecule has 0 aliphatic rings. The van der Waals surface area contributed by atoms with Crippen LogP contribution < -0.4 is 4.74 Å². The van der Waals surface area contributed by atoms with Gasteiger partial charge in [0.2, 0.25) is 12.3 Å². The molecule has 1 unspecified atom stereocenters. The lowest BCUT2D eigenvalue weighted by molar-refractivity contribution is 0.108. The zero-order chi connectivity index (χ0) is 15.4. The summed E-state index contributed by atoms with van der Waals surface area (Å²) in [6.45, 7) is 0.0749. The van der Waals surface area contributed by atoms with Crippen molar-refractivity contribution in [1.82, 2.24) is 10.2 Å². The number of hydrogen-bond donors (Lipinski definition) is 1. The summed E-state index contributed by atoms with van der Waals surface area (Å²) in [5.41, 5.74) is 1.38. The zero-order valence-corrected chi connectivity index (χ0v) is 11.5. The smallest absolute Gasteiger partial charge is 0.247 e. The number of nitrogens with zero attached hydrogens (tertiary/aromatic N) is 2. The summed E-state index contributed by atoms with van der Waals surface area (Å²) in [5, 5.41) is 17.4. The molecule has 0 saturated heterocycles. The van der Waals surface area contributed by atoms with Gasteiger partial charge in [-0.15, -0.1) is 10.2 Å². The largest absolute Gasteiger partial charge is 0.491 e. The lowest BCUT2D eigenvalue weighted by atomic mass is 10.1. The lowest BCUT2D eigenvalue weighted by Gasteiger charge is -2.12. The number of benzene rings is 2. The van der Waals surface area contributed by atoms with E-state index in [2.05, 4.69) is 10.2 Å². The summed E-state index contributed by atoms with van der Waals surface area (Å²) in [7, 11) is 0. The molecule has 3 aromatic rings. The fourth-order valence-electron chi connectivity index (χ4n) is 1.95. The highest BCUT2D eigenvalue weighted by molar-refractivity contribution is 5.53. The van der Waals surface area contributed by atoms with Crippen molar-refractivity contribution in [2.24, 2.45) is 0 Å². The molecule has 0 radical (unpaired) electrons. The van der Waals surface area contributed by atoms with Gasteiger partial charge < -0.3 is 14.3 Å². The van der Waals surface area contributed by atoms with E-state index in [4.69, 9.17) is 9.15 Å². The number of ether oxygens (including phenoxy) is 1. The Bertz CT molecular complexity index is 712. The van der Waals surface area contributed by atoms with Crippen LogP contribution in [0.1, 0.15) is 11.7 Å². The van der Waals surface area contributed by atoms with Gasteiger partial charge in [-0.25, -0.2) is 4.39 Å². The SMILES string of the molecule is OC(COc1ccc(-c2nnco2)cc1)c1ccc(F)cc1. The quantitative estimate of drug-likeness (QED) is 0.784. The number of hydrogen-bond acceptors (Lipinski definition) is 5. The maximum Gasteiger partial charge on any atom is 0.247 e. The molecule has 0 fully saturated rings. The maximum atomic E-state index is 12.8. The number of aliphatic hydroxyl groups is 1. The minimum atomic E-state index is -0.823. The molecule has 1 aromatic heterocycles. The first-order valence-corrected chi connectivity index (χ1v) is 6.65. The number of halogens is 1. The topological polar surface area (TPSA) is 68.4 Å². The number of rotatable bonds is 5. The van der Waals surface area contributed by atoms with Gasteiger partial charge in [0.15, 0.2) is 0 Å². The molecular formula is C16H13FN2O3. The van der Waals surface area contributed by atoms with E-state index < -0.39 is 6.10 Å². The Labute approximate surface area is 126 Å². The third-order valence-corrected chi connectivity index (χ3v) is 3.12. The van der Waals surface area contributed by atoms with Gasteiger partial charge in [-0.05, 0) is 42.0 Å². The van der Waals surface area contributed by atoms with E-state index in [1.807, 2.05) is 0 Å². The second kappa shape index (κ2) is 6.36. The number of aromatic nitrogens is 2. The Morgan fingerprint density at radius 1 is 1.09 bits per heavy atom. The molecule has 0 amide bonds. The second-order valence-corrected chi connectivity index (χ2v) is 4.65. The number of aliphatic hydroxyl groups excluding tert-OH is 1. The van der Waals surface area contributed by atoms with Gasteiger partial charge in [-0.2, -0.15) is 0 Å². The van der Waals surface area contributed by atoms with Crippen LogP contribution in [0.2, 0.25) is 0 Å². The second-order valence-electron chi connectivity index (χ2n) is 4.65. The molecule has 6 heteroatoms. The summed E-state index contributed by atoms with van der Waals surface area (Å²) < 4.78 is 23.4. The summed E-state index contributed by atoms with van der Waals surface area (Å²) >= 11 is 0. The van der Waals surface area contributed by atoms with Crippen molar-refractivity contribution in [3.63, 3.8) is 0 Å². The van der Waals surface area contributed by atoms with Crippen LogP contribution in [-0.2, 0) is 0 Å². The summed E-state index contributed by atoms with van der Waals surface area (Å²) in [6.07, 6.45) is 0.440. The van der Waals surface area contributed by atoms with Gasteiger partial charge in [0.1, 0.15) is 24.3 Å². The molecule has 2 aromatic carbocycles. The monoisotopic (exact) mass is 300 g/mol. The first-order valence-electron chi connectivity index (χ1n) is 6.65. The third-order valence-electron chi connectivity index (χ3n) is 3.12. The molecule has 3 rings (SSSR count). The Morgan fingerprint density at radius 3 is 2.45 bits per heavy atom. The van der Waals surface area contributed by atoms with E-state index in [1.54, 1.807) is 24.3 Å². The van der Waals surface area contributed by atoms with Crippen LogP contribution in [0, 0.1) is 5.82 Å². The van der Waals surface area contributed by atoms with Gasteiger partial charge in [-0.3, -0.25) is 0 Å². The molecule has 0 spiro atoms. The summed E-state index contributed by atoms with van der Waals surface area (Å²) in [5.74, 6) is 0.691. The van der Waals surface area contributed by atoms with Crippen molar-refractivity contribution in [3.05, 3.63) is 66.3 Å². The molecule has 112 valence electrons. The fourth-order valence-corrected chi connectivity index (χ4v) is 1.95. The Kier molecular flexibility index (Phi) is 4.11. The standard InChI is InChI=1S/C16H13FN2O3/c17-13-5-1-11(2-6-13)15(20)9-21-14-7-3-12(4-8-14)16-19-18-10-22-16/h1-8,10,15,20H,9H2. The molecule has 0 aliphatic heterocycles. The molecule has 0 bridgehead atoms. The van der Waals surface area contributed by atoms with Gasteiger partial charge in [-0.1, -0.05) is 12.1 Å². The van der Waals surface area contributed by atoms with Crippen molar-refractivity contribution in [1.29, 1.82) is 0 Å². The van der Waals surface area contributed by atoms with Crippen LogP contribution in [0.4, 0.5) is 4.39 Å². The molecule has 1 N–H and O–H groups in total. The van der Waals surface area contributed by atoms with Crippen molar-refractivity contribution >= 4 is 0 Å². The Morgan fingerprint density at radius 2 is 1.82 bits per heavy atom. The van der Waals surface area contributed by atoms with E-state index in [9.17, 15) is 9.50 Å². The van der Waals surface area contributed by atoms with E-state index in [0.717, 1.165) is 5.56 Å². The van der Waals surface area contributed by atoms with Gasteiger partial charge in [0.25, 0.3) is 0 Å². The van der Waals surface area contributed by atoms with E-state index in [0.29, 0.717) is 17.2 Å². The van der Waals surface area contributed by atoms with Crippen LogP contribution in [0.15, 0.2) is 59.3 Å². The first-order chi connectivity index (χ1) is 10.7. The molecule has 5 nitrogen and oxygen atoms in total. The molecule has 22 heavy (non-hydrogen) atoms. The van der Waals surface area contributed by atoms with Crippen LogP contribution in [-0.4, -0.2) is 21.9 Å². The molecular weight excluding hydrogens is 287 g/mol. The van der Waals surface area contributed by atoms with Gasteiger partial charge in [0.05, 0.1) is 0 Å². The van der Waals surface area contributed by atoms with Crippen LogP contribution >= 0.6 is 0 Å². The third kappa shape index (κ3) is 3.29. The molecule has 0 saturated carbocycles. The highest BCUT2D eigenvalue weighted by Gasteiger charge is 2.09. The predicted octanol–water partition coefficient (Wildman–Crippen LogP) is 2.99. The highest BCUT2D eigenvalue weighted by atomic mass is 19.1. The highest BCUT2D eigenvalue weighted by Crippen LogP contribution is 2.21. The lowest BCUT2D eigenvalue weighted by Crippen LogP contribution is -2.09. The average Bonchev–Trinajstić information content (AvgIpc) is 3.08. The Balaban J connectivity index is 1.60. The average molecular weight is 300 g/mol. The van der Waals surface area contributed by atoms with E-state index in [-0.39, 0.29) is 12.4 Å². The minimum Gasteiger partial charge on any atom is -0.491 e. The Hall–Kier alpha value is -2.73. The van der Waals surface area contributed by atoms with Crippen molar-refractivity contribution in [2.45, 2.75) is 6.10 Å². The van der Waals surface area contributed by atoms with Crippen molar-refractivity contribution in [3.8, 4) is 17.2 Å². The molecule has 1 atom stereocenters. The predicted molar refractivity (Wildman–Crippen MR) is 76.6 cm³/mol. The molecule has 1 heterocycles. The van der Waals surface area contributed by atoms with Gasteiger partial charge in [0, 0.05) is 5.56 Å². The van der Waals surface area contributed by atoms with E-state index >= 15 is 0 Å². The van der Waals surface area contributed by atoms with Crippen LogP contribution in [0.5, 0.6) is 5.75 Å². The minimum absolute atomic E-state index is 0.0749. The normalized spacial score (nSPS) is 12.1. The van der Waals surface area contributed by atoms with Crippen molar-refractivity contribution in [2.75, 3.05) is 6.61 Å². The van der Waals surface area contributed by atoms with E-state index in [1.165, 1.54) is 30.7 Å². The first kappa shape index (κ1) is 14.2. The van der Waals surface area contributed by atoms with Crippen LogP contribution in [0.25, 0.3) is 11.5 Å². The zero-order valence-electron chi connectivity index (χ0n) is 11.5. The van der Waals surface area contributed by atoms with Crippen LogP contribution in [0.3, 0.4) is 0 Å². The fraction of sp³-hybridized carbons (Fsp3) is 0.125. The molecule has 0 aliphatic carbocycles. The van der Waals surface area contributed by atoms with Crippen molar-refractivity contribution < 1.29 is 18.7 Å². The van der Waals surface area contributed by atoms with Gasteiger partial charge >= 0.3 is 0 Å². The maximum absolute atomic E-state index is 12.8. The summed E-state index contributed by atoms with van der Waals surface area (Å²) in [6, 6.07) is 12.7.